The van der Waals surface area contributed by atoms with Crippen LogP contribution in [0.25, 0.3) is 11.0 Å². The predicted molar refractivity (Wildman–Crippen MR) is 131 cm³/mol. The lowest BCUT2D eigenvalue weighted by Crippen LogP contribution is -2.46. The number of rotatable bonds is 6. The van der Waals surface area contributed by atoms with Gasteiger partial charge >= 0.3 is 0 Å². The summed E-state index contributed by atoms with van der Waals surface area (Å²) >= 11 is 0. The van der Waals surface area contributed by atoms with Crippen LogP contribution in [-0.2, 0) is 17.8 Å². The molecule has 3 heterocycles. The summed E-state index contributed by atoms with van der Waals surface area (Å²) in [6, 6.07) is 18.4. The maximum atomic E-state index is 12.6. The Hall–Kier alpha value is -3.94. The molecule has 1 aliphatic rings. The quantitative estimate of drug-likeness (QED) is 0.494. The van der Waals surface area contributed by atoms with E-state index >= 15 is 0 Å². The number of hydrogen-bond acceptors (Lipinski definition) is 6. The smallest absolute Gasteiger partial charge is 0.246 e. The Bertz CT molecular complexity index is 1250. The number of nitrogens with one attached hydrogen (secondary N) is 1. The second-order valence-corrected chi connectivity index (χ2v) is 8.15. The number of anilines is 3. The molecule has 0 saturated carbocycles. The van der Waals surface area contributed by atoms with Crippen LogP contribution in [-0.4, -0.2) is 51.8 Å². The maximum absolute atomic E-state index is 12.6. The molecule has 1 fully saturated rings. The van der Waals surface area contributed by atoms with Crippen LogP contribution in [0.4, 0.5) is 17.2 Å². The van der Waals surface area contributed by atoms with Crippen molar-refractivity contribution in [2.75, 3.05) is 41.3 Å². The Balaban J connectivity index is 1.29. The predicted octanol–water partition coefficient (Wildman–Crippen LogP) is 3.35. The van der Waals surface area contributed by atoms with Crippen molar-refractivity contribution in [1.82, 2.24) is 19.7 Å². The molecule has 0 radical (unpaired) electrons. The van der Waals surface area contributed by atoms with Gasteiger partial charge in [0.1, 0.15) is 18.7 Å². The minimum Gasteiger partial charge on any atom is -0.368 e. The van der Waals surface area contributed by atoms with Crippen LogP contribution >= 0.6 is 0 Å². The van der Waals surface area contributed by atoms with E-state index in [4.69, 9.17) is 0 Å². The van der Waals surface area contributed by atoms with Crippen molar-refractivity contribution >= 4 is 34.1 Å². The summed E-state index contributed by atoms with van der Waals surface area (Å²) in [6.45, 7) is 5.75. The number of carbonyl (C=O) groups excluding carboxylic acids is 1. The highest BCUT2D eigenvalue weighted by Crippen LogP contribution is 2.25. The fourth-order valence-corrected chi connectivity index (χ4v) is 4.27. The monoisotopic (exact) mass is 441 g/mol. The molecule has 8 heteroatoms. The van der Waals surface area contributed by atoms with E-state index < -0.39 is 0 Å². The van der Waals surface area contributed by atoms with Crippen molar-refractivity contribution in [2.24, 2.45) is 0 Å². The summed E-state index contributed by atoms with van der Waals surface area (Å²) in [4.78, 5) is 26.3. The first-order valence-corrected chi connectivity index (χ1v) is 11.3. The Labute approximate surface area is 192 Å². The zero-order valence-electron chi connectivity index (χ0n) is 18.7. The minimum absolute atomic E-state index is 0.0953. The van der Waals surface area contributed by atoms with Crippen molar-refractivity contribution < 1.29 is 4.79 Å². The highest BCUT2D eigenvalue weighted by molar-refractivity contribution is 5.92. The van der Waals surface area contributed by atoms with E-state index in [1.165, 1.54) is 11.3 Å². The average molecular weight is 442 g/mol. The van der Waals surface area contributed by atoms with Crippen LogP contribution < -0.4 is 15.1 Å². The fraction of sp³-hybridized carbons (Fsp3) is 0.280. The molecule has 0 spiro atoms. The van der Waals surface area contributed by atoms with Gasteiger partial charge in [0.15, 0.2) is 5.65 Å². The highest BCUT2D eigenvalue weighted by Gasteiger charge is 2.22. The number of amides is 1. The van der Waals surface area contributed by atoms with Gasteiger partial charge < -0.3 is 15.1 Å². The van der Waals surface area contributed by atoms with E-state index in [9.17, 15) is 4.79 Å². The third-order valence-corrected chi connectivity index (χ3v) is 6.03. The normalized spacial score (nSPS) is 14.0. The number of para-hydroxylation sites is 1. The molecule has 8 nitrogen and oxygen atoms in total. The van der Waals surface area contributed by atoms with Crippen molar-refractivity contribution in [3.63, 3.8) is 0 Å². The van der Waals surface area contributed by atoms with Gasteiger partial charge in [-0.1, -0.05) is 37.3 Å². The summed E-state index contributed by atoms with van der Waals surface area (Å²) in [5.74, 6) is 0.736. The molecular formula is C25H27N7O. The number of hydrogen-bond donors (Lipinski definition) is 1. The summed E-state index contributed by atoms with van der Waals surface area (Å²) in [5.41, 5.74) is 3.89. The molecule has 33 heavy (non-hydrogen) atoms. The van der Waals surface area contributed by atoms with Gasteiger partial charge in [-0.05, 0) is 36.2 Å². The maximum Gasteiger partial charge on any atom is 0.246 e. The number of carbonyl (C=O) groups is 1. The van der Waals surface area contributed by atoms with Gasteiger partial charge in [-0.15, -0.1) is 0 Å². The molecule has 168 valence electrons. The average Bonchev–Trinajstić information content (AvgIpc) is 3.27. The standard InChI is InChI=1S/C25H27N7O/c1-2-19-7-6-8-20(15-19)29-23(33)17-32-25-22(16-28-32)24(26-18-27-25)31-13-11-30(12-14-31)21-9-4-3-5-10-21/h3-10,15-16,18H,2,11-14,17H2,1H3,(H,29,33). The third kappa shape index (κ3) is 4.50. The van der Waals surface area contributed by atoms with Crippen LogP contribution in [0.5, 0.6) is 0 Å². The molecule has 2 aromatic heterocycles. The summed E-state index contributed by atoms with van der Waals surface area (Å²) in [7, 11) is 0. The van der Waals surface area contributed by atoms with Crippen LogP contribution in [0.1, 0.15) is 12.5 Å². The Kier molecular flexibility index (Phi) is 5.89. The number of aromatic nitrogens is 4. The fourth-order valence-electron chi connectivity index (χ4n) is 4.27. The van der Waals surface area contributed by atoms with Crippen LogP contribution in [0.3, 0.4) is 0 Å². The van der Waals surface area contributed by atoms with Crippen molar-refractivity contribution in [1.29, 1.82) is 0 Å². The lowest BCUT2D eigenvalue weighted by atomic mass is 10.1. The van der Waals surface area contributed by atoms with Gasteiger partial charge in [0.05, 0.1) is 11.6 Å². The SMILES string of the molecule is CCc1cccc(NC(=O)Cn2ncc3c(N4CCN(c5ccccc5)CC4)ncnc32)c1. The van der Waals surface area contributed by atoms with E-state index in [0.29, 0.717) is 5.65 Å². The number of aryl methyl sites for hydroxylation is 1. The lowest BCUT2D eigenvalue weighted by Gasteiger charge is -2.36. The summed E-state index contributed by atoms with van der Waals surface area (Å²) < 4.78 is 1.64. The Morgan fingerprint density at radius 1 is 0.970 bits per heavy atom. The minimum atomic E-state index is -0.134. The highest BCUT2D eigenvalue weighted by atomic mass is 16.2. The molecule has 5 rings (SSSR count). The molecule has 1 amide bonds. The number of fused-ring (bicyclic) bond motifs is 1. The first kappa shape index (κ1) is 20.9. The molecule has 0 aliphatic carbocycles. The van der Waals surface area contributed by atoms with Crippen molar-refractivity contribution in [3.8, 4) is 0 Å². The van der Waals surface area contributed by atoms with Gasteiger partial charge in [0.25, 0.3) is 0 Å². The molecule has 4 aromatic rings. The lowest BCUT2D eigenvalue weighted by molar-refractivity contribution is -0.116. The summed E-state index contributed by atoms with van der Waals surface area (Å²) in [5, 5.41) is 8.27. The van der Waals surface area contributed by atoms with Gasteiger partial charge in [-0.2, -0.15) is 5.10 Å². The molecule has 0 atom stereocenters. The first-order valence-electron chi connectivity index (χ1n) is 11.3. The van der Waals surface area contributed by atoms with E-state index in [0.717, 1.165) is 49.5 Å². The third-order valence-electron chi connectivity index (χ3n) is 6.03. The van der Waals surface area contributed by atoms with Crippen LogP contribution in [0.15, 0.2) is 67.1 Å². The Morgan fingerprint density at radius 3 is 2.55 bits per heavy atom. The Morgan fingerprint density at radius 2 is 1.76 bits per heavy atom. The second-order valence-electron chi connectivity index (χ2n) is 8.15. The van der Waals surface area contributed by atoms with Gasteiger partial charge in [0, 0.05) is 37.6 Å². The molecule has 2 aromatic carbocycles. The molecule has 0 unspecified atom stereocenters. The molecule has 1 saturated heterocycles. The first-order chi connectivity index (χ1) is 16.2. The zero-order chi connectivity index (χ0) is 22.6. The van der Waals surface area contributed by atoms with Gasteiger partial charge in [-0.3, -0.25) is 4.79 Å². The second kappa shape index (κ2) is 9.28. The molecule has 1 aliphatic heterocycles. The van der Waals surface area contributed by atoms with Crippen LogP contribution in [0, 0.1) is 0 Å². The van der Waals surface area contributed by atoms with E-state index in [2.05, 4.69) is 67.4 Å². The molecule has 0 bridgehead atoms. The van der Waals surface area contributed by atoms with E-state index in [-0.39, 0.29) is 12.5 Å². The number of benzene rings is 2. The van der Waals surface area contributed by atoms with E-state index in [1.54, 1.807) is 17.2 Å². The zero-order valence-corrected chi connectivity index (χ0v) is 18.7. The van der Waals surface area contributed by atoms with Gasteiger partial charge in [0.2, 0.25) is 5.91 Å². The van der Waals surface area contributed by atoms with Crippen LogP contribution in [0.2, 0.25) is 0 Å². The largest absolute Gasteiger partial charge is 0.368 e. The van der Waals surface area contributed by atoms with Gasteiger partial charge in [-0.25, -0.2) is 14.6 Å². The number of nitrogens with zero attached hydrogens (tertiary/aromatic N) is 6. The van der Waals surface area contributed by atoms with Crippen molar-refractivity contribution in [3.05, 3.63) is 72.7 Å². The molecular weight excluding hydrogens is 414 g/mol. The van der Waals surface area contributed by atoms with E-state index in [1.807, 2.05) is 24.3 Å². The topological polar surface area (TPSA) is 79.2 Å². The molecule has 1 N–H and O–H groups in total. The number of piperazine rings is 1. The van der Waals surface area contributed by atoms with Crippen molar-refractivity contribution in [2.45, 2.75) is 19.9 Å². The summed E-state index contributed by atoms with van der Waals surface area (Å²) in [6.07, 6.45) is 4.24.